The number of fused-ring (bicyclic) bond motifs is 1. The number of β-lactam (4-membered cyclic amide) rings is 1. The van der Waals surface area contributed by atoms with Gasteiger partial charge in [-0.25, -0.2) is 8.42 Å². The number of carbonyl (C=O) groups excluding carboxylic acids is 1. The summed E-state index contributed by atoms with van der Waals surface area (Å²) >= 11 is 0. The summed E-state index contributed by atoms with van der Waals surface area (Å²) < 4.78 is 28.5. The highest BCUT2D eigenvalue weighted by atomic mass is 32.2. The topological polar surface area (TPSA) is 63.7 Å². The van der Waals surface area contributed by atoms with Crippen LogP contribution in [0, 0.1) is 0 Å². The van der Waals surface area contributed by atoms with Crippen molar-refractivity contribution in [2.24, 2.45) is 0 Å². The maximum atomic E-state index is 11.8. The highest BCUT2D eigenvalue weighted by Crippen LogP contribution is 2.35. The molecule has 0 radical (unpaired) electrons. The summed E-state index contributed by atoms with van der Waals surface area (Å²) in [6.07, 6.45) is 1.64. The lowest BCUT2D eigenvalue weighted by atomic mass is 10.2. The Labute approximate surface area is 82.3 Å². The summed E-state index contributed by atoms with van der Waals surface area (Å²) in [5.74, 6) is -0.146. The fraction of sp³-hybridized carbons (Fsp3) is 0.625. The quantitative estimate of drug-likeness (QED) is 0.573. The molecule has 2 aliphatic rings. The Morgan fingerprint density at radius 2 is 2.21 bits per heavy atom. The van der Waals surface area contributed by atoms with Crippen LogP contribution in [-0.4, -0.2) is 37.1 Å². The van der Waals surface area contributed by atoms with E-state index in [1.54, 1.807) is 13.1 Å². The van der Waals surface area contributed by atoms with E-state index in [0.29, 0.717) is 5.57 Å². The first kappa shape index (κ1) is 9.67. The Hall–Kier alpha value is -0.880. The third-order valence-electron chi connectivity index (χ3n) is 2.55. The molecule has 0 N–H and O–H groups in total. The van der Waals surface area contributed by atoms with Crippen LogP contribution in [0.25, 0.3) is 0 Å². The molecule has 6 heteroatoms. The van der Waals surface area contributed by atoms with E-state index < -0.39 is 20.6 Å². The van der Waals surface area contributed by atoms with Crippen molar-refractivity contribution in [3.8, 4) is 0 Å². The first-order chi connectivity index (χ1) is 6.48. The maximum absolute atomic E-state index is 11.8. The molecule has 5 nitrogen and oxygen atoms in total. The lowest BCUT2D eigenvalue weighted by Gasteiger charge is -2.42. The summed E-state index contributed by atoms with van der Waals surface area (Å²) in [6.45, 7) is 1.65. The molecule has 1 saturated heterocycles. The van der Waals surface area contributed by atoms with Gasteiger partial charge in [0, 0.05) is 13.3 Å². The van der Waals surface area contributed by atoms with E-state index in [1.807, 2.05) is 0 Å². The van der Waals surface area contributed by atoms with Crippen molar-refractivity contribution in [2.75, 3.05) is 7.11 Å². The predicted molar refractivity (Wildman–Crippen MR) is 48.7 cm³/mol. The number of carbonyl (C=O) groups is 1. The lowest BCUT2D eigenvalue weighted by Crippen LogP contribution is -2.59. The van der Waals surface area contributed by atoms with Crippen LogP contribution < -0.4 is 0 Å². The fourth-order valence-corrected chi connectivity index (χ4v) is 3.84. The average Bonchev–Trinajstić information content (AvgIpc) is 2.09. The molecule has 0 saturated carbocycles. The smallest absolute Gasteiger partial charge is 0.230 e. The molecule has 0 aromatic rings. The standard InChI is InChI=1S/C8H11NO4S/c1-5-4-9-6(10)3-7(9)14(11,12)8(5)13-2/h4,7-8H,3H2,1-2H3/t7-,8?/m1/s1. The summed E-state index contributed by atoms with van der Waals surface area (Å²) in [5, 5.41) is -0.705. The zero-order valence-electron chi connectivity index (χ0n) is 7.93. The second-order valence-electron chi connectivity index (χ2n) is 3.49. The number of hydrogen-bond donors (Lipinski definition) is 0. The van der Waals surface area contributed by atoms with Gasteiger partial charge in [-0.15, -0.1) is 0 Å². The van der Waals surface area contributed by atoms with Crippen molar-refractivity contribution in [2.45, 2.75) is 24.2 Å². The third kappa shape index (κ3) is 1.04. The molecule has 78 valence electrons. The number of sulfone groups is 1. The van der Waals surface area contributed by atoms with Crippen LogP contribution in [0.1, 0.15) is 13.3 Å². The highest BCUT2D eigenvalue weighted by molar-refractivity contribution is 7.92. The number of rotatable bonds is 1. The van der Waals surface area contributed by atoms with E-state index in [0.717, 1.165) is 0 Å². The van der Waals surface area contributed by atoms with Crippen LogP contribution in [0.5, 0.6) is 0 Å². The van der Waals surface area contributed by atoms with Gasteiger partial charge < -0.3 is 9.64 Å². The normalized spacial score (nSPS) is 34.6. The van der Waals surface area contributed by atoms with Crippen LogP contribution in [0.2, 0.25) is 0 Å². The first-order valence-electron chi connectivity index (χ1n) is 4.23. The van der Waals surface area contributed by atoms with Gasteiger partial charge in [0.15, 0.2) is 5.44 Å². The summed E-state index contributed by atoms with van der Waals surface area (Å²) in [5.41, 5.74) is -0.339. The minimum absolute atomic E-state index is 0.0754. The molecule has 0 spiro atoms. The van der Waals surface area contributed by atoms with E-state index in [9.17, 15) is 13.2 Å². The first-order valence-corrected chi connectivity index (χ1v) is 5.84. The second kappa shape index (κ2) is 2.80. The average molecular weight is 217 g/mol. The molecule has 0 aromatic carbocycles. The van der Waals surface area contributed by atoms with Gasteiger partial charge in [0.05, 0.1) is 6.42 Å². The SMILES string of the molecule is COC1C(C)=CN2C(=O)C[C@H]2S1(=O)=O. The minimum Gasteiger partial charge on any atom is -0.361 e. The maximum Gasteiger partial charge on any atom is 0.230 e. The van der Waals surface area contributed by atoms with Gasteiger partial charge in [-0.2, -0.15) is 0 Å². The molecule has 0 bridgehead atoms. The van der Waals surface area contributed by atoms with Crippen molar-refractivity contribution in [3.63, 3.8) is 0 Å². The second-order valence-corrected chi connectivity index (χ2v) is 5.64. The van der Waals surface area contributed by atoms with Crippen molar-refractivity contribution in [1.29, 1.82) is 0 Å². The van der Waals surface area contributed by atoms with Crippen molar-refractivity contribution >= 4 is 15.7 Å². The zero-order valence-corrected chi connectivity index (χ0v) is 8.74. The van der Waals surface area contributed by atoms with Gasteiger partial charge >= 0.3 is 0 Å². The molecule has 0 aromatic heterocycles. The van der Waals surface area contributed by atoms with Crippen molar-refractivity contribution < 1.29 is 17.9 Å². The predicted octanol–water partition coefficient (Wildman–Crippen LogP) is -0.150. The molecular formula is C8H11NO4S. The lowest BCUT2D eigenvalue weighted by molar-refractivity contribution is -0.138. The number of amides is 1. The van der Waals surface area contributed by atoms with Crippen LogP contribution in [0.4, 0.5) is 0 Å². The Kier molecular flexibility index (Phi) is 1.94. The number of hydrogen-bond acceptors (Lipinski definition) is 4. The molecule has 2 rings (SSSR count). The van der Waals surface area contributed by atoms with Crippen LogP contribution in [-0.2, 0) is 19.4 Å². The molecule has 2 heterocycles. The van der Waals surface area contributed by atoms with E-state index in [4.69, 9.17) is 4.74 Å². The number of methoxy groups -OCH3 is 1. The van der Waals surface area contributed by atoms with Gasteiger partial charge in [0.25, 0.3) is 0 Å². The van der Waals surface area contributed by atoms with Gasteiger partial charge in [0.1, 0.15) is 5.37 Å². The molecule has 1 amide bonds. The van der Waals surface area contributed by atoms with Gasteiger partial charge in [-0.3, -0.25) is 4.79 Å². The molecule has 1 fully saturated rings. The molecule has 2 atom stereocenters. The fourth-order valence-electron chi connectivity index (χ4n) is 1.83. The minimum atomic E-state index is -3.38. The summed E-state index contributed by atoms with van der Waals surface area (Å²) in [4.78, 5) is 12.3. The molecule has 2 aliphatic heterocycles. The van der Waals surface area contributed by atoms with E-state index in [2.05, 4.69) is 0 Å². The Morgan fingerprint density at radius 1 is 1.57 bits per heavy atom. The molecular weight excluding hydrogens is 206 g/mol. The molecule has 0 aliphatic carbocycles. The van der Waals surface area contributed by atoms with Crippen molar-refractivity contribution in [3.05, 3.63) is 11.8 Å². The zero-order chi connectivity index (χ0) is 10.5. The summed E-state index contributed by atoms with van der Waals surface area (Å²) in [6, 6.07) is 0. The van der Waals surface area contributed by atoms with Crippen LogP contribution >= 0.6 is 0 Å². The van der Waals surface area contributed by atoms with Gasteiger partial charge in [-0.05, 0) is 12.5 Å². The van der Waals surface area contributed by atoms with Gasteiger partial charge in [-0.1, -0.05) is 0 Å². The number of ether oxygens (including phenoxy) is 1. The summed E-state index contributed by atoms with van der Waals surface area (Å²) in [7, 11) is -2.03. The Bertz CT molecular complexity index is 411. The van der Waals surface area contributed by atoms with E-state index >= 15 is 0 Å². The molecule has 14 heavy (non-hydrogen) atoms. The van der Waals surface area contributed by atoms with Crippen LogP contribution in [0.15, 0.2) is 11.8 Å². The monoisotopic (exact) mass is 217 g/mol. The van der Waals surface area contributed by atoms with Crippen molar-refractivity contribution in [1.82, 2.24) is 4.90 Å². The number of nitrogens with zero attached hydrogens (tertiary/aromatic N) is 1. The van der Waals surface area contributed by atoms with E-state index in [1.165, 1.54) is 12.0 Å². The Balaban J connectivity index is 2.46. The van der Waals surface area contributed by atoms with Gasteiger partial charge in [0.2, 0.25) is 15.7 Å². The van der Waals surface area contributed by atoms with Crippen LogP contribution in [0.3, 0.4) is 0 Å². The largest absolute Gasteiger partial charge is 0.361 e. The van der Waals surface area contributed by atoms with E-state index in [-0.39, 0.29) is 12.3 Å². The molecule has 1 unspecified atom stereocenters. The highest BCUT2D eigenvalue weighted by Gasteiger charge is 2.51. The third-order valence-corrected chi connectivity index (χ3v) is 4.87. The Morgan fingerprint density at radius 3 is 2.71 bits per heavy atom.